The summed E-state index contributed by atoms with van der Waals surface area (Å²) in [6.07, 6.45) is 1.38. The summed E-state index contributed by atoms with van der Waals surface area (Å²) >= 11 is 9.54. The second-order valence-electron chi connectivity index (χ2n) is 6.36. The third kappa shape index (κ3) is 4.20. The molecule has 1 aliphatic heterocycles. The highest BCUT2D eigenvalue weighted by Crippen LogP contribution is 2.37. The molecule has 9 heteroatoms. The van der Waals surface area contributed by atoms with Crippen LogP contribution in [0.25, 0.3) is 6.08 Å². The Hall–Kier alpha value is -2.84. The summed E-state index contributed by atoms with van der Waals surface area (Å²) in [6.45, 7) is 4.08. The number of urea groups is 1. The number of ether oxygens (including phenoxy) is 2. The van der Waals surface area contributed by atoms with Crippen molar-refractivity contribution in [1.29, 1.82) is 0 Å². The molecule has 1 N–H and O–H groups in total. The molecule has 0 aliphatic carbocycles. The zero-order valence-corrected chi connectivity index (χ0v) is 18.8. The number of anilines is 1. The first-order chi connectivity index (χ1) is 14.3. The largest absolute Gasteiger partial charge is 0.493 e. The fourth-order valence-corrected chi connectivity index (χ4v) is 3.64. The van der Waals surface area contributed by atoms with Gasteiger partial charge in [0.15, 0.2) is 11.5 Å². The van der Waals surface area contributed by atoms with Gasteiger partial charge >= 0.3 is 6.03 Å². The molecule has 30 heavy (non-hydrogen) atoms. The lowest BCUT2D eigenvalue weighted by atomic mass is 10.1. The second-order valence-corrected chi connectivity index (χ2v) is 7.62. The molecule has 0 bridgehead atoms. The van der Waals surface area contributed by atoms with Gasteiger partial charge in [-0.2, -0.15) is 0 Å². The molecular weight excluding hydrogens is 476 g/mol. The summed E-state index contributed by atoms with van der Waals surface area (Å²) in [5.74, 6) is -0.608. The second kappa shape index (κ2) is 8.89. The SMILES string of the molecule is CCOc1c(Br)cc(/C=C2/C(=O)NC(=O)N(c3ccc(C)c(Cl)c3)C2=O)cc1OC. The highest BCUT2D eigenvalue weighted by atomic mass is 79.9. The number of carbonyl (C=O) groups excluding carboxylic acids is 3. The minimum atomic E-state index is -0.840. The van der Waals surface area contributed by atoms with E-state index in [0.29, 0.717) is 33.2 Å². The van der Waals surface area contributed by atoms with E-state index in [2.05, 4.69) is 21.2 Å². The van der Waals surface area contributed by atoms with Gasteiger partial charge in [0.1, 0.15) is 5.57 Å². The number of nitrogens with zero attached hydrogens (tertiary/aromatic N) is 1. The number of amides is 4. The number of methoxy groups -OCH3 is 1. The molecule has 3 rings (SSSR count). The highest BCUT2D eigenvalue weighted by molar-refractivity contribution is 9.10. The molecule has 0 aromatic heterocycles. The standard InChI is InChI=1S/C21H18BrClN2O5/c1-4-30-18-15(22)8-12(9-17(18)29-3)7-14-19(26)24-21(28)25(20(14)27)13-6-5-11(2)16(23)10-13/h5-10H,4H2,1-3H3,(H,24,26,28)/b14-7-. The van der Waals surface area contributed by atoms with Crippen LogP contribution in [0.5, 0.6) is 11.5 Å². The van der Waals surface area contributed by atoms with Gasteiger partial charge in [0.25, 0.3) is 11.8 Å². The van der Waals surface area contributed by atoms with Gasteiger partial charge in [0.2, 0.25) is 0 Å². The van der Waals surface area contributed by atoms with Crippen LogP contribution in [0.1, 0.15) is 18.1 Å². The molecule has 1 fully saturated rings. The van der Waals surface area contributed by atoms with Gasteiger partial charge in [-0.1, -0.05) is 17.7 Å². The zero-order valence-electron chi connectivity index (χ0n) is 16.4. The summed E-state index contributed by atoms with van der Waals surface area (Å²) in [4.78, 5) is 38.6. The van der Waals surface area contributed by atoms with Crippen LogP contribution in [-0.4, -0.2) is 31.6 Å². The third-order valence-corrected chi connectivity index (χ3v) is 5.36. The maximum absolute atomic E-state index is 13.0. The van der Waals surface area contributed by atoms with Crippen LogP contribution in [0.15, 0.2) is 40.4 Å². The van der Waals surface area contributed by atoms with Gasteiger partial charge in [-0.3, -0.25) is 14.9 Å². The highest BCUT2D eigenvalue weighted by Gasteiger charge is 2.37. The van der Waals surface area contributed by atoms with Gasteiger partial charge < -0.3 is 9.47 Å². The molecule has 7 nitrogen and oxygen atoms in total. The topological polar surface area (TPSA) is 84.9 Å². The van der Waals surface area contributed by atoms with Crippen molar-refractivity contribution in [2.75, 3.05) is 18.6 Å². The maximum Gasteiger partial charge on any atom is 0.335 e. The fraction of sp³-hybridized carbons (Fsp3) is 0.190. The summed E-state index contributed by atoms with van der Waals surface area (Å²) in [7, 11) is 1.49. The van der Waals surface area contributed by atoms with Crippen LogP contribution in [0.2, 0.25) is 5.02 Å². The van der Waals surface area contributed by atoms with Crippen LogP contribution in [0.3, 0.4) is 0 Å². The first kappa shape index (κ1) is 21.9. The van der Waals surface area contributed by atoms with E-state index < -0.39 is 17.8 Å². The summed E-state index contributed by atoms with van der Waals surface area (Å²) in [6, 6.07) is 7.25. The number of nitrogens with one attached hydrogen (secondary N) is 1. The van der Waals surface area contributed by atoms with Crippen molar-refractivity contribution in [1.82, 2.24) is 5.32 Å². The van der Waals surface area contributed by atoms with E-state index in [4.69, 9.17) is 21.1 Å². The van der Waals surface area contributed by atoms with E-state index in [1.165, 1.54) is 19.3 Å². The smallest absolute Gasteiger partial charge is 0.335 e. The number of barbiturate groups is 1. The van der Waals surface area contributed by atoms with Crippen molar-refractivity contribution in [3.63, 3.8) is 0 Å². The number of carbonyl (C=O) groups is 3. The molecule has 156 valence electrons. The third-order valence-electron chi connectivity index (χ3n) is 4.37. The minimum Gasteiger partial charge on any atom is -0.493 e. The Morgan fingerprint density at radius 2 is 1.93 bits per heavy atom. The van der Waals surface area contributed by atoms with Gasteiger partial charge in [-0.05, 0) is 71.2 Å². The molecule has 0 saturated carbocycles. The van der Waals surface area contributed by atoms with Crippen LogP contribution in [0.4, 0.5) is 10.5 Å². The number of hydrogen-bond acceptors (Lipinski definition) is 5. The number of benzene rings is 2. The van der Waals surface area contributed by atoms with Crippen LogP contribution < -0.4 is 19.7 Å². The number of aryl methyl sites for hydroxylation is 1. The molecule has 4 amide bonds. The summed E-state index contributed by atoms with van der Waals surface area (Å²) in [5.41, 5.74) is 1.36. The van der Waals surface area contributed by atoms with E-state index in [9.17, 15) is 14.4 Å². The lowest BCUT2D eigenvalue weighted by molar-refractivity contribution is -0.122. The van der Waals surface area contributed by atoms with E-state index in [0.717, 1.165) is 10.5 Å². The molecule has 0 atom stereocenters. The molecule has 0 spiro atoms. The maximum atomic E-state index is 13.0. The molecule has 2 aromatic rings. The van der Waals surface area contributed by atoms with Crippen LogP contribution >= 0.6 is 27.5 Å². The first-order valence-electron chi connectivity index (χ1n) is 8.94. The predicted molar refractivity (Wildman–Crippen MR) is 117 cm³/mol. The quantitative estimate of drug-likeness (QED) is 0.490. The van der Waals surface area contributed by atoms with E-state index in [1.54, 1.807) is 31.2 Å². The molecule has 1 saturated heterocycles. The minimum absolute atomic E-state index is 0.204. The number of halogens is 2. The van der Waals surface area contributed by atoms with Crippen molar-refractivity contribution in [3.05, 3.63) is 56.5 Å². The van der Waals surface area contributed by atoms with E-state index in [-0.39, 0.29) is 11.3 Å². The number of hydrogen-bond donors (Lipinski definition) is 1. The van der Waals surface area contributed by atoms with Crippen molar-refractivity contribution < 1.29 is 23.9 Å². The van der Waals surface area contributed by atoms with E-state index in [1.807, 2.05) is 6.92 Å². The van der Waals surface area contributed by atoms with Crippen molar-refractivity contribution in [3.8, 4) is 11.5 Å². The van der Waals surface area contributed by atoms with Crippen molar-refractivity contribution in [2.45, 2.75) is 13.8 Å². The molecule has 0 radical (unpaired) electrons. The average Bonchev–Trinajstić information content (AvgIpc) is 2.69. The van der Waals surface area contributed by atoms with Crippen molar-refractivity contribution in [2.24, 2.45) is 0 Å². The monoisotopic (exact) mass is 492 g/mol. The summed E-state index contributed by atoms with van der Waals surface area (Å²) < 4.78 is 11.5. The number of imide groups is 2. The molecular formula is C21H18BrClN2O5. The van der Waals surface area contributed by atoms with Gasteiger partial charge in [0, 0.05) is 5.02 Å². The summed E-state index contributed by atoms with van der Waals surface area (Å²) in [5, 5.41) is 2.58. The lowest BCUT2D eigenvalue weighted by Crippen LogP contribution is -2.54. The van der Waals surface area contributed by atoms with E-state index >= 15 is 0 Å². The van der Waals surface area contributed by atoms with Crippen LogP contribution in [0, 0.1) is 6.92 Å². The molecule has 1 heterocycles. The van der Waals surface area contributed by atoms with Crippen molar-refractivity contribution >= 4 is 57.1 Å². The Morgan fingerprint density at radius 1 is 1.20 bits per heavy atom. The Labute approximate surface area is 186 Å². The normalized spacial score (nSPS) is 15.4. The Bertz CT molecular complexity index is 1080. The first-order valence-corrected chi connectivity index (χ1v) is 10.1. The Balaban J connectivity index is 2.04. The average molecular weight is 494 g/mol. The van der Waals surface area contributed by atoms with Gasteiger partial charge in [0.05, 0.1) is 23.9 Å². The Kier molecular flexibility index (Phi) is 6.48. The number of rotatable bonds is 5. The van der Waals surface area contributed by atoms with Crippen LogP contribution in [-0.2, 0) is 9.59 Å². The molecule has 2 aromatic carbocycles. The lowest BCUT2D eigenvalue weighted by Gasteiger charge is -2.26. The van der Waals surface area contributed by atoms with Gasteiger partial charge in [-0.15, -0.1) is 0 Å². The zero-order chi connectivity index (χ0) is 22.0. The van der Waals surface area contributed by atoms with Gasteiger partial charge in [-0.25, -0.2) is 9.69 Å². The fourth-order valence-electron chi connectivity index (χ4n) is 2.89. The Morgan fingerprint density at radius 3 is 2.57 bits per heavy atom. The molecule has 0 unspecified atom stereocenters. The predicted octanol–water partition coefficient (Wildman–Crippen LogP) is 4.48. The molecule has 1 aliphatic rings.